The average molecular weight is 499 g/mol. The molecular weight excluding hydrogens is 473 g/mol. The van der Waals surface area contributed by atoms with Crippen molar-refractivity contribution in [2.75, 3.05) is 22.5 Å². The number of anilines is 3. The van der Waals surface area contributed by atoms with E-state index in [1.165, 1.54) is 24.3 Å². The van der Waals surface area contributed by atoms with Gasteiger partial charge in [-0.2, -0.15) is 13.2 Å². The Morgan fingerprint density at radius 2 is 1.39 bits per heavy atom. The van der Waals surface area contributed by atoms with Gasteiger partial charge in [0.15, 0.2) is 0 Å². The molecule has 0 atom stereocenters. The molecule has 0 aliphatic heterocycles. The topological polar surface area (TPSA) is 99.3 Å². The number of carbonyl (C=O) groups is 3. The zero-order chi connectivity index (χ0) is 26.3. The van der Waals surface area contributed by atoms with Crippen LogP contribution >= 0.6 is 0 Å². The molecule has 36 heavy (non-hydrogen) atoms. The number of hydrogen-bond acceptors (Lipinski definition) is 4. The van der Waals surface area contributed by atoms with Gasteiger partial charge in [0.05, 0.1) is 12.1 Å². The highest BCUT2D eigenvalue weighted by Gasteiger charge is 2.30. The number of carbonyl (C=O) groups excluding carboxylic acids is 3. The Kier molecular flexibility index (Phi) is 8.31. The summed E-state index contributed by atoms with van der Waals surface area (Å²) >= 11 is 0. The van der Waals surface area contributed by atoms with E-state index in [9.17, 15) is 27.6 Å². The van der Waals surface area contributed by atoms with Crippen LogP contribution in [0, 0.1) is 0 Å². The lowest BCUT2D eigenvalue weighted by molar-refractivity contribution is -0.137. The highest BCUT2D eigenvalue weighted by molar-refractivity contribution is 6.05. The summed E-state index contributed by atoms with van der Waals surface area (Å²) in [6.07, 6.45) is -4.52. The average Bonchev–Trinajstić information content (AvgIpc) is 2.82. The van der Waals surface area contributed by atoms with Crippen LogP contribution in [-0.4, -0.2) is 30.3 Å². The Hall–Kier alpha value is -4.34. The van der Waals surface area contributed by atoms with Crippen LogP contribution in [-0.2, 0) is 11.0 Å². The van der Waals surface area contributed by atoms with Crippen molar-refractivity contribution in [1.29, 1.82) is 0 Å². The van der Waals surface area contributed by atoms with Crippen LogP contribution < -0.4 is 21.3 Å². The zero-order valence-corrected chi connectivity index (χ0v) is 19.6. The fourth-order valence-electron chi connectivity index (χ4n) is 3.19. The Balaban J connectivity index is 1.55. The Labute approximate surface area is 206 Å². The summed E-state index contributed by atoms with van der Waals surface area (Å²) in [7, 11) is 0. The molecule has 3 aromatic carbocycles. The third kappa shape index (κ3) is 7.59. The molecule has 10 heteroatoms. The molecule has 0 unspecified atom stereocenters. The van der Waals surface area contributed by atoms with Crippen LogP contribution in [0.5, 0.6) is 0 Å². The summed E-state index contributed by atoms with van der Waals surface area (Å²) in [4.78, 5) is 36.9. The van der Waals surface area contributed by atoms with Gasteiger partial charge in [0.25, 0.3) is 11.8 Å². The molecule has 0 heterocycles. The number of halogens is 3. The van der Waals surface area contributed by atoms with Crippen molar-refractivity contribution in [1.82, 2.24) is 5.32 Å². The van der Waals surface area contributed by atoms with Gasteiger partial charge in [0.2, 0.25) is 5.91 Å². The first-order valence-corrected chi connectivity index (χ1v) is 11.0. The Morgan fingerprint density at radius 3 is 2.03 bits per heavy atom. The first-order chi connectivity index (χ1) is 17.0. The molecule has 0 aromatic heterocycles. The van der Waals surface area contributed by atoms with Gasteiger partial charge >= 0.3 is 6.18 Å². The van der Waals surface area contributed by atoms with Crippen molar-refractivity contribution in [3.05, 3.63) is 89.5 Å². The highest BCUT2D eigenvalue weighted by Crippen LogP contribution is 2.30. The maximum atomic E-state index is 12.9. The van der Waals surface area contributed by atoms with E-state index in [1.54, 1.807) is 36.4 Å². The van der Waals surface area contributed by atoms with E-state index in [2.05, 4.69) is 21.3 Å². The molecule has 188 valence electrons. The molecule has 0 radical (unpaired) electrons. The molecule has 0 saturated heterocycles. The second kappa shape index (κ2) is 11.4. The van der Waals surface area contributed by atoms with Gasteiger partial charge in [-0.3, -0.25) is 14.4 Å². The lowest BCUT2D eigenvalue weighted by Crippen LogP contribution is -2.30. The van der Waals surface area contributed by atoms with E-state index in [0.717, 1.165) is 12.1 Å². The van der Waals surface area contributed by atoms with Crippen molar-refractivity contribution in [2.45, 2.75) is 26.1 Å². The second-order valence-electron chi connectivity index (χ2n) is 8.22. The van der Waals surface area contributed by atoms with Crippen LogP contribution in [0.1, 0.15) is 40.1 Å². The molecule has 7 nitrogen and oxygen atoms in total. The lowest BCUT2D eigenvalue weighted by atomic mass is 10.1. The number of amides is 3. The third-order valence-electron chi connectivity index (χ3n) is 4.88. The normalized spacial score (nSPS) is 11.1. The van der Waals surface area contributed by atoms with Gasteiger partial charge in [-0.05, 0) is 74.5 Å². The van der Waals surface area contributed by atoms with Crippen LogP contribution in [0.15, 0.2) is 72.8 Å². The van der Waals surface area contributed by atoms with Crippen molar-refractivity contribution >= 4 is 34.8 Å². The third-order valence-corrected chi connectivity index (χ3v) is 4.88. The molecule has 4 N–H and O–H groups in total. The van der Waals surface area contributed by atoms with Gasteiger partial charge in [-0.15, -0.1) is 0 Å². The Morgan fingerprint density at radius 1 is 0.750 bits per heavy atom. The van der Waals surface area contributed by atoms with Crippen molar-refractivity contribution in [3.63, 3.8) is 0 Å². The summed E-state index contributed by atoms with van der Waals surface area (Å²) < 4.78 is 38.7. The van der Waals surface area contributed by atoms with Gasteiger partial charge in [0.1, 0.15) is 0 Å². The number of alkyl halides is 3. The Bertz CT molecular complexity index is 1240. The van der Waals surface area contributed by atoms with E-state index in [-0.39, 0.29) is 35.7 Å². The second-order valence-corrected chi connectivity index (χ2v) is 8.22. The zero-order valence-electron chi connectivity index (χ0n) is 19.6. The minimum Gasteiger partial charge on any atom is -0.376 e. The molecule has 3 amide bonds. The first kappa shape index (κ1) is 26.3. The van der Waals surface area contributed by atoms with Gasteiger partial charge in [-0.1, -0.05) is 12.1 Å². The number of rotatable bonds is 8. The van der Waals surface area contributed by atoms with Crippen molar-refractivity contribution in [2.24, 2.45) is 0 Å². The predicted molar refractivity (Wildman–Crippen MR) is 132 cm³/mol. The summed E-state index contributed by atoms with van der Waals surface area (Å²) in [5.41, 5.74) is 0.774. The maximum Gasteiger partial charge on any atom is 0.416 e. The summed E-state index contributed by atoms with van der Waals surface area (Å²) in [6, 6.07) is 17.0. The van der Waals surface area contributed by atoms with Crippen LogP contribution in [0.4, 0.5) is 30.2 Å². The molecule has 0 aliphatic rings. The largest absolute Gasteiger partial charge is 0.416 e. The molecule has 0 fully saturated rings. The molecule has 0 saturated carbocycles. The smallest absolute Gasteiger partial charge is 0.376 e. The fourth-order valence-corrected chi connectivity index (χ4v) is 3.19. The quantitative estimate of drug-likeness (QED) is 0.345. The first-order valence-electron chi connectivity index (χ1n) is 11.0. The predicted octanol–water partition coefficient (Wildman–Crippen LogP) is 5.15. The van der Waals surface area contributed by atoms with Gasteiger partial charge in [-0.25, -0.2) is 0 Å². The number of nitrogens with one attached hydrogen (secondary N) is 4. The monoisotopic (exact) mass is 498 g/mol. The van der Waals surface area contributed by atoms with Crippen molar-refractivity contribution < 1.29 is 27.6 Å². The van der Waals surface area contributed by atoms with Gasteiger partial charge < -0.3 is 21.3 Å². The van der Waals surface area contributed by atoms with Crippen molar-refractivity contribution in [3.8, 4) is 0 Å². The van der Waals surface area contributed by atoms with E-state index in [1.807, 2.05) is 13.8 Å². The minimum atomic E-state index is -4.52. The summed E-state index contributed by atoms with van der Waals surface area (Å²) in [6.45, 7) is 3.66. The molecule has 3 rings (SSSR count). The molecule has 0 aliphatic carbocycles. The molecule has 0 spiro atoms. The van der Waals surface area contributed by atoms with E-state index < -0.39 is 17.6 Å². The van der Waals surface area contributed by atoms with E-state index >= 15 is 0 Å². The number of hydrogen-bond donors (Lipinski definition) is 4. The highest BCUT2D eigenvalue weighted by atomic mass is 19.4. The molecular formula is C26H25F3N4O3. The lowest BCUT2D eigenvalue weighted by Gasteiger charge is -2.11. The van der Waals surface area contributed by atoms with Crippen LogP contribution in [0.25, 0.3) is 0 Å². The van der Waals surface area contributed by atoms with Crippen LogP contribution in [0.3, 0.4) is 0 Å². The molecule has 3 aromatic rings. The van der Waals surface area contributed by atoms with Crippen LogP contribution in [0.2, 0.25) is 0 Å². The van der Waals surface area contributed by atoms with E-state index in [0.29, 0.717) is 16.9 Å². The fraction of sp³-hybridized carbons (Fsp3) is 0.192. The SMILES string of the molecule is CC(C)NC(=O)c1ccc(NCC(=O)Nc2cccc(C(=O)Nc3cccc(C(F)(F)F)c3)c2)cc1. The minimum absolute atomic E-state index is 0.00108. The summed E-state index contributed by atoms with van der Waals surface area (Å²) in [5.74, 6) is -1.19. The van der Waals surface area contributed by atoms with Gasteiger partial charge in [0, 0.05) is 34.2 Å². The number of benzene rings is 3. The maximum absolute atomic E-state index is 12.9. The standard InChI is InChI=1S/C26H25F3N4O3/c1-16(2)31-24(35)17-9-11-20(12-10-17)30-15-23(34)32-21-7-3-5-18(13-21)25(36)33-22-8-4-6-19(14-22)26(27,28)29/h3-14,16,30H,15H2,1-2H3,(H,31,35)(H,32,34)(H,33,36). The summed E-state index contributed by atoms with van der Waals surface area (Å²) in [5, 5.41) is 10.8. The molecule has 0 bridgehead atoms. The van der Waals surface area contributed by atoms with E-state index in [4.69, 9.17) is 0 Å².